The van der Waals surface area contributed by atoms with Crippen molar-refractivity contribution in [1.29, 1.82) is 0 Å². The lowest BCUT2D eigenvalue weighted by molar-refractivity contribution is 0.613. The molecule has 0 aromatic carbocycles. The predicted molar refractivity (Wildman–Crippen MR) is 44.2 cm³/mol. The van der Waals surface area contributed by atoms with Gasteiger partial charge in [0.1, 0.15) is 11.2 Å². The van der Waals surface area contributed by atoms with Gasteiger partial charge in [0.2, 0.25) is 0 Å². The van der Waals surface area contributed by atoms with E-state index in [1.54, 1.807) is 19.3 Å². The van der Waals surface area contributed by atoms with E-state index in [0.29, 0.717) is 11.3 Å². The van der Waals surface area contributed by atoms with Crippen LogP contribution >= 0.6 is 0 Å². The second kappa shape index (κ2) is 2.41. The Morgan fingerprint density at radius 3 is 3.17 bits per heavy atom. The Hall–Kier alpha value is -1.71. The van der Waals surface area contributed by atoms with Gasteiger partial charge in [-0.05, 0) is 12.1 Å². The molecule has 2 aromatic heterocycles. The molecule has 0 saturated carbocycles. The van der Waals surface area contributed by atoms with Gasteiger partial charge in [-0.3, -0.25) is 4.98 Å². The number of aromatic nitrogens is 1. The Kier molecular flexibility index (Phi) is 1.40. The minimum absolute atomic E-state index is 0.331. The molecule has 0 N–H and O–H groups in total. The lowest BCUT2D eigenvalue weighted by Crippen LogP contribution is -1.78. The lowest BCUT2D eigenvalue weighted by atomic mass is 10.2. The highest BCUT2D eigenvalue weighted by molar-refractivity contribution is 5.79. The summed E-state index contributed by atoms with van der Waals surface area (Å²) >= 11 is 0. The fraction of sp³-hybridized carbons (Fsp3) is 0.125. The van der Waals surface area contributed by atoms with E-state index in [9.17, 15) is 4.91 Å². The fourth-order valence-corrected chi connectivity index (χ4v) is 1.12. The van der Waals surface area contributed by atoms with Crippen molar-refractivity contribution in [1.82, 2.24) is 4.98 Å². The van der Waals surface area contributed by atoms with Gasteiger partial charge in [0.05, 0.1) is 12.5 Å². The topological polar surface area (TPSA) is 55.5 Å². The second-order valence-electron chi connectivity index (χ2n) is 2.49. The van der Waals surface area contributed by atoms with Gasteiger partial charge in [-0.25, -0.2) is 0 Å². The molecular weight excluding hydrogens is 156 g/mol. The molecule has 0 bridgehead atoms. The van der Waals surface area contributed by atoms with Crippen molar-refractivity contribution in [2.45, 2.75) is 6.92 Å². The third-order valence-corrected chi connectivity index (χ3v) is 1.79. The van der Waals surface area contributed by atoms with Crippen LogP contribution in [0.2, 0.25) is 0 Å². The van der Waals surface area contributed by atoms with Crippen LogP contribution in [-0.4, -0.2) is 4.98 Å². The van der Waals surface area contributed by atoms with Crippen molar-refractivity contribution >= 4 is 16.8 Å². The Balaban J connectivity index is 2.86. The molecule has 2 heterocycles. The lowest BCUT2D eigenvalue weighted by Gasteiger charge is -1.94. The number of nitrogens with zero attached hydrogens (tertiary/aromatic N) is 2. The number of hydrogen-bond donors (Lipinski definition) is 0. The van der Waals surface area contributed by atoms with Crippen LogP contribution in [0.4, 0.5) is 5.69 Å². The Morgan fingerprint density at radius 1 is 1.58 bits per heavy atom. The average Bonchev–Trinajstić information content (AvgIpc) is 2.53. The third-order valence-electron chi connectivity index (χ3n) is 1.79. The third kappa shape index (κ3) is 0.812. The molecule has 0 radical (unpaired) electrons. The van der Waals surface area contributed by atoms with Gasteiger partial charge in [0.25, 0.3) is 0 Å². The summed E-state index contributed by atoms with van der Waals surface area (Å²) in [6, 6.07) is 1.75. The van der Waals surface area contributed by atoms with E-state index in [0.717, 1.165) is 11.1 Å². The monoisotopic (exact) mass is 162 g/mol. The molecule has 0 unspecified atom stereocenters. The summed E-state index contributed by atoms with van der Waals surface area (Å²) in [4.78, 5) is 14.2. The maximum absolute atomic E-state index is 10.3. The molecule has 4 heteroatoms. The maximum Gasteiger partial charge on any atom is 0.157 e. The zero-order valence-corrected chi connectivity index (χ0v) is 6.44. The van der Waals surface area contributed by atoms with Crippen molar-refractivity contribution in [3.05, 3.63) is 29.0 Å². The number of nitroso groups, excluding NO2 is 1. The number of rotatable bonds is 1. The number of pyridine rings is 1. The molecule has 0 fully saturated rings. The van der Waals surface area contributed by atoms with E-state index in [4.69, 9.17) is 4.42 Å². The van der Waals surface area contributed by atoms with Crippen LogP contribution in [0.5, 0.6) is 0 Å². The van der Waals surface area contributed by atoms with Crippen LogP contribution in [0.3, 0.4) is 0 Å². The highest BCUT2D eigenvalue weighted by atomic mass is 16.3. The maximum atomic E-state index is 10.3. The van der Waals surface area contributed by atoms with Gasteiger partial charge in [0.15, 0.2) is 5.58 Å². The molecule has 0 amide bonds. The van der Waals surface area contributed by atoms with E-state index in [2.05, 4.69) is 10.2 Å². The van der Waals surface area contributed by atoms with Crippen LogP contribution in [-0.2, 0) is 0 Å². The quantitative estimate of drug-likeness (QED) is 0.605. The average molecular weight is 162 g/mol. The molecule has 0 saturated heterocycles. The number of hydrogen-bond acceptors (Lipinski definition) is 4. The normalized spacial score (nSPS) is 10.4. The Morgan fingerprint density at radius 2 is 2.42 bits per heavy atom. The van der Waals surface area contributed by atoms with Crippen molar-refractivity contribution < 1.29 is 4.42 Å². The van der Waals surface area contributed by atoms with E-state index >= 15 is 0 Å². The van der Waals surface area contributed by atoms with Crippen LogP contribution in [0.1, 0.15) is 5.56 Å². The molecule has 12 heavy (non-hydrogen) atoms. The molecule has 0 aliphatic rings. The van der Waals surface area contributed by atoms with Crippen LogP contribution in [0.25, 0.3) is 11.1 Å². The standard InChI is InChI=1S/C8H6N2O2/c1-5-7(10-11)4-9-6-2-3-12-8(5)6/h2-4H,1H3. The summed E-state index contributed by atoms with van der Waals surface area (Å²) < 4.78 is 5.13. The number of furan rings is 1. The van der Waals surface area contributed by atoms with Crippen molar-refractivity contribution in [2.75, 3.05) is 0 Å². The number of aryl methyl sites for hydroxylation is 1. The van der Waals surface area contributed by atoms with E-state index in [-0.39, 0.29) is 0 Å². The SMILES string of the molecule is Cc1c(N=O)cnc2ccoc12. The van der Waals surface area contributed by atoms with E-state index in [1.807, 2.05) is 0 Å². The van der Waals surface area contributed by atoms with Gasteiger partial charge in [-0.1, -0.05) is 0 Å². The summed E-state index contributed by atoms with van der Waals surface area (Å²) in [6.07, 6.45) is 2.99. The van der Waals surface area contributed by atoms with E-state index in [1.165, 1.54) is 6.20 Å². The molecule has 4 nitrogen and oxygen atoms in total. The van der Waals surface area contributed by atoms with Crippen molar-refractivity contribution in [2.24, 2.45) is 5.18 Å². The van der Waals surface area contributed by atoms with Gasteiger partial charge >= 0.3 is 0 Å². The summed E-state index contributed by atoms with van der Waals surface area (Å²) in [5, 5.41) is 2.83. The summed E-state index contributed by atoms with van der Waals surface area (Å²) in [7, 11) is 0. The largest absolute Gasteiger partial charge is 0.462 e. The highest BCUT2D eigenvalue weighted by Crippen LogP contribution is 2.25. The smallest absolute Gasteiger partial charge is 0.157 e. The van der Waals surface area contributed by atoms with Crippen LogP contribution in [0.15, 0.2) is 28.1 Å². The van der Waals surface area contributed by atoms with Gasteiger partial charge < -0.3 is 4.42 Å². The van der Waals surface area contributed by atoms with Gasteiger partial charge in [-0.2, -0.15) is 0 Å². The fourth-order valence-electron chi connectivity index (χ4n) is 1.12. The summed E-state index contributed by atoms with van der Waals surface area (Å²) in [6.45, 7) is 1.78. The summed E-state index contributed by atoms with van der Waals surface area (Å²) in [5.41, 5.74) is 2.45. The van der Waals surface area contributed by atoms with Crippen LogP contribution in [0, 0.1) is 11.8 Å². The first-order valence-corrected chi connectivity index (χ1v) is 3.49. The molecule has 0 aliphatic heterocycles. The van der Waals surface area contributed by atoms with Gasteiger partial charge in [0, 0.05) is 11.6 Å². The molecule has 2 rings (SSSR count). The summed E-state index contributed by atoms with van der Waals surface area (Å²) in [5.74, 6) is 0. The van der Waals surface area contributed by atoms with Gasteiger partial charge in [-0.15, -0.1) is 4.91 Å². The first-order valence-electron chi connectivity index (χ1n) is 3.49. The second-order valence-corrected chi connectivity index (χ2v) is 2.49. The first-order chi connectivity index (χ1) is 5.83. The van der Waals surface area contributed by atoms with Crippen LogP contribution < -0.4 is 0 Å². The number of fused-ring (bicyclic) bond motifs is 1. The highest BCUT2D eigenvalue weighted by Gasteiger charge is 2.06. The zero-order valence-electron chi connectivity index (χ0n) is 6.44. The minimum Gasteiger partial charge on any atom is -0.462 e. The minimum atomic E-state index is 0.331. The first kappa shape index (κ1) is 6.97. The molecular formula is C8H6N2O2. The molecule has 0 spiro atoms. The molecule has 2 aromatic rings. The molecule has 60 valence electrons. The predicted octanol–water partition coefficient (Wildman–Crippen LogP) is 2.53. The Labute approximate surface area is 68.2 Å². The van der Waals surface area contributed by atoms with Crippen molar-refractivity contribution in [3.8, 4) is 0 Å². The van der Waals surface area contributed by atoms with Crippen molar-refractivity contribution in [3.63, 3.8) is 0 Å². The molecule has 0 aliphatic carbocycles. The zero-order chi connectivity index (χ0) is 8.55. The Bertz CT molecular complexity index is 434. The van der Waals surface area contributed by atoms with E-state index < -0.39 is 0 Å². The molecule has 0 atom stereocenters.